The lowest BCUT2D eigenvalue weighted by Gasteiger charge is -2.20. The first kappa shape index (κ1) is 14.3. The molecule has 0 spiro atoms. The maximum atomic E-state index is 11.7. The average molecular weight is 227 g/mol. The van der Waals surface area contributed by atoms with Gasteiger partial charge in [-0.25, -0.2) is 0 Å². The van der Waals surface area contributed by atoms with E-state index in [-0.39, 0.29) is 5.24 Å². The number of hydrogen-bond acceptors (Lipinski definition) is 2. The van der Waals surface area contributed by atoms with Crippen molar-refractivity contribution in [3.05, 3.63) is 24.8 Å². The summed E-state index contributed by atoms with van der Waals surface area (Å²) in [5.74, 6) is 0.707. The molecule has 0 aromatic rings. The van der Waals surface area contributed by atoms with E-state index in [4.69, 9.17) is 0 Å². The van der Waals surface area contributed by atoms with Gasteiger partial charge in [0.2, 0.25) is 0 Å². The van der Waals surface area contributed by atoms with E-state index in [1.807, 2.05) is 11.8 Å². The molecule has 15 heavy (non-hydrogen) atoms. The van der Waals surface area contributed by atoms with E-state index >= 15 is 0 Å². The third kappa shape index (κ3) is 7.25. The molecule has 0 atom stereocenters. The van der Waals surface area contributed by atoms with E-state index in [9.17, 15) is 4.79 Å². The highest BCUT2D eigenvalue weighted by Crippen LogP contribution is 2.12. The topological polar surface area (TPSA) is 20.3 Å². The van der Waals surface area contributed by atoms with Crippen molar-refractivity contribution in [2.24, 2.45) is 0 Å². The summed E-state index contributed by atoms with van der Waals surface area (Å²) < 4.78 is 0. The van der Waals surface area contributed by atoms with Crippen LogP contribution in [0, 0.1) is 0 Å². The lowest BCUT2D eigenvalue weighted by Crippen LogP contribution is -2.29. The van der Waals surface area contributed by atoms with Crippen molar-refractivity contribution in [1.82, 2.24) is 4.90 Å². The summed E-state index contributed by atoms with van der Waals surface area (Å²) in [4.78, 5) is 13.6. The molecule has 0 saturated heterocycles. The van der Waals surface area contributed by atoms with Crippen LogP contribution in [0.15, 0.2) is 24.8 Å². The third-order valence-corrected chi connectivity index (χ3v) is 2.97. The summed E-state index contributed by atoms with van der Waals surface area (Å²) in [6.45, 7) is 13.0. The first-order valence-electron chi connectivity index (χ1n) is 5.28. The minimum atomic E-state index is 0.131. The molecule has 0 rings (SSSR count). The smallest absolute Gasteiger partial charge is 0.282 e. The van der Waals surface area contributed by atoms with Gasteiger partial charge in [0, 0.05) is 18.8 Å². The molecule has 0 radical (unpaired) electrons. The first-order valence-corrected chi connectivity index (χ1v) is 6.27. The highest BCUT2D eigenvalue weighted by molar-refractivity contribution is 8.13. The molecule has 0 saturated carbocycles. The molecule has 0 heterocycles. The van der Waals surface area contributed by atoms with E-state index in [2.05, 4.69) is 20.1 Å². The molecule has 0 bridgehead atoms. The summed E-state index contributed by atoms with van der Waals surface area (Å²) in [7, 11) is 0. The van der Waals surface area contributed by atoms with Crippen molar-refractivity contribution in [2.45, 2.75) is 26.7 Å². The van der Waals surface area contributed by atoms with E-state index in [0.29, 0.717) is 12.3 Å². The number of rotatable bonds is 7. The standard InChI is InChI=1S/C12H21NOS/c1-5-7-9-13(8-6-2)12(14)15-10-11(3)4/h6H,2-3,5,7-10H2,1,4H3. The summed E-state index contributed by atoms with van der Waals surface area (Å²) >= 11 is 1.32. The van der Waals surface area contributed by atoms with Crippen molar-refractivity contribution in [2.75, 3.05) is 18.8 Å². The van der Waals surface area contributed by atoms with Crippen LogP contribution in [0.1, 0.15) is 26.7 Å². The minimum Gasteiger partial charge on any atom is -0.330 e. The lowest BCUT2D eigenvalue weighted by molar-refractivity contribution is 0.227. The van der Waals surface area contributed by atoms with E-state index in [1.54, 1.807) is 6.08 Å². The van der Waals surface area contributed by atoms with Gasteiger partial charge in [0.1, 0.15) is 0 Å². The Kier molecular flexibility index (Phi) is 8.19. The second-order valence-corrected chi connectivity index (χ2v) is 4.53. The fourth-order valence-corrected chi connectivity index (χ4v) is 1.76. The molecule has 3 heteroatoms. The largest absolute Gasteiger partial charge is 0.330 e. The van der Waals surface area contributed by atoms with Crippen LogP contribution in [0.3, 0.4) is 0 Å². The molecule has 86 valence electrons. The van der Waals surface area contributed by atoms with Gasteiger partial charge in [0.25, 0.3) is 5.24 Å². The van der Waals surface area contributed by atoms with E-state index in [0.717, 1.165) is 25.0 Å². The Morgan fingerprint density at radius 1 is 1.53 bits per heavy atom. The van der Waals surface area contributed by atoms with Gasteiger partial charge in [-0.05, 0) is 13.3 Å². The minimum absolute atomic E-state index is 0.131. The highest BCUT2D eigenvalue weighted by atomic mass is 32.2. The molecule has 0 aromatic carbocycles. The monoisotopic (exact) mass is 227 g/mol. The van der Waals surface area contributed by atoms with Gasteiger partial charge >= 0.3 is 0 Å². The molecule has 0 aliphatic carbocycles. The van der Waals surface area contributed by atoms with Crippen LogP contribution in [0.4, 0.5) is 4.79 Å². The van der Waals surface area contributed by atoms with Crippen LogP contribution in [0.25, 0.3) is 0 Å². The van der Waals surface area contributed by atoms with Gasteiger partial charge < -0.3 is 4.90 Å². The molecular weight excluding hydrogens is 206 g/mol. The predicted octanol–water partition coefficient (Wildman–Crippen LogP) is 3.70. The average Bonchev–Trinajstić information content (AvgIpc) is 2.20. The zero-order valence-corrected chi connectivity index (χ0v) is 10.6. The summed E-state index contributed by atoms with van der Waals surface area (Å²) in [6, 6.07) is 0. The van der Waals surface area contributed by atoms with Gasteiger partial charge in [-0.3, -0.25) is 4.79 Å². The zero-order valence-electron chi connectivity index (χ0n) is 9.79. The SMILES string of the molecule is C=CCN(CCCC)C(=O)SCC(=C)C. The Morgan fingerprint density at radius 2 is 2.20 bits per heavy atom. The lowest BCUT2D eigenvalue weighted by atomic mass is 10.3. The van der Waals surface area contributed by atoms with Gasteiger partial charge in [-0.1, -0.05) is 43.3 Å². The Morgan fingerprint density at radius 3 is 2.67 bits per heavy atom. The molecular formula is C12H21NOS. The third-order valence-electron chi connectivity index (χ3n) is 1.83. The van der Waals surface area contributed by atoms with Crippen LogP contribution < -0.4 is 0 Å². The maximum Gasteiger partial charge on any atom is 0.282 e. The maximum absolute atomic E-state index is 11.7. The molecule has 0 fully saturated rings. The van der Waals surface area contributed by atoms with Crippen LogP contribution in [-0.4, -0.2) is 29.0 Å². The van der Waals surface area contributed by atoms with Gasteiger partial charge in [-0.15, -0.1) is 6.58 Å². The first-order chi connectivity index (χ1) is 7.11. The zero-order chi connectivity index (χ0) is 11.7. The highest BCUT2D eigenvalue weighted by Gasteiger charge is 2.11. The number of nitrogens with zero attached hydrogens (tertiary/aromatic N) is 1. The fourth-order valence-electron chi connectivity index (χ4n) is 1.04. The van der Waals surface area contributed by atoms with E-state index < -0.39 is 0 Å². The number of hydrogen-bond donors (Lipinski definition) is 0. The quantitative estimate of drug-likeness (QED) is 0.618. The fraction of sp³-hybridized carbons (Fsp3) is 0.583. The molecule has 1 amide bonds. The van der Waals surface area contributed by atoms with Crippen LogP contribution in [0.2, 0.25) is 0 Å². The van der Waals surface area contributed by atoms with Crippen LogP contribution in [-0.2, 0) is 0 Å². The Labute approximate surface area is 97.4 Å². The van der Waals surface area contributed by atoms with Crippen molar-refractivity contribution >= 4 is 17.0 Å². The van der Waals surface area contributed by atoms with Crippen molar-refractivity contribution in [1.29, 1.82) is 0 Å². The number of thioether (sulfide) groups is 1. The normalized spacial score (nSPS) is 9.73. The predicted molar refractivity (Wildman–Crippen MR) is 69.3 cm³/mol. The van der Waals surface area contributed by atoms with Crippen molar-refractivity contribution < 1.29 is 4.79 Å². The molecule has 0 unspecified atom stereocenters. The summed E-state index contributed by atoms with van der Waals surface area (Å²) in [6.07, 6.45) is 3.92. The Bertz CT molecular complexity index is 226. The Hall–Kier alpha value is -0.700. The Balaban J connectivity index is 4.02. The number of unbranched alkanes of at least 4 members (excludes halogenated alkanes) is 1. The van der Waals surface area contributed by atoms with Crippen molar-refractivity contribution in [3.8, 4) is 0 Å². The molecule has 0 aliphatic heterocycles. The summed E-state index contributed by atoms with van der Waals surface area (Å²) in [5.41, 5.74) is 1.03. The molecule has 0 aliphatic rings. The van der Waals surface area contributed by atoms with Crippen molar-refractivity contribution in [3.63, 3.8) is 0 Å². The molecule has 0 N–H and O–H groups in total. The van der Waals surface area contributed by atoms with Crippen LogP contribution >= 0.6 is 11.8 Å². The van der Waals surface area contributed by atoms with Gasteiger partial charge in [0.05, 0.1) is 0 Å². The van der Waals surface area contributed by atoms with Gasteiger partial charge in [-0.2, -0.15) is 0 Å². The second-order valence-electron chi connectivity index (χ2n) is 3.60. The van der Waals surface area contributed by atoms with E-state index in [1.165, 1.54) is 11.8 Å². The second kappa shape index (κ2) is 8.60. The van der Waals surface area contributed by atoms with Gasteiger partial charge in [0.15, 0.2) is 0 Å². The summed E-state index contributed by atoms with van der Waals surface area (Å²) in [5, 5.41) is 0.131. The molecule has 0 aromatic heterocycles. The number of amides is 1. The number of carbonyl (C=O) groups excluding carboxylic acids is 1. The number of carbonyl (C=O) groups is 1. The van der Waals surface area contributed by atoms with Crippen LogP contribution in [0.5, 0.6) is 0 Å². The molecule has 2 nitrogen and oxygen atoms in total.